The van der Waals surface area contributed by atoms with Crippen LogP contribution in [-0.4, -0.2) is 25.8 Å². The van der Waals surface area contributed by atoms with Crippen molar-refractivity contribution in [2.75, 3.05) is 0 Å². The minimum Gasteiger partial charge on any atom is -0.258 e. The van der Waals surface area contributed by atoms with E-state index in [0.717, 1.165) is 28.2 Å². The van der Waals surface area contributed by atoms with E-state index in [0.29, 0.717) is 27.2 Å². The molecule has 2 aromatic heterocycles. The van der Waals surface area contributed by atoms with Gasteiger partial charge in [0, 0.05) is 40.3 Å². The Morgan fingerprint density at radius 2 is 1.82 bits per heavy atom. The molecule has 0 fully saturated rings. The number of aromatic nitrogens is 3. The topological polar surface area (TPSA) is 108 Å². The predicted octanol–water partition coefficient (Wildman–Crippen LogP) is 5.83. The van der Waals surface area contributed by atoms with Gasteiger partial charge in [0.15, 0.2) is 0 Å². The molecule has 0 saturated carbocycles. The van der Waals surface area contributed by atoms with E-state index in [2.05, 4.69) is 5.10 Å². The Hall–Kier alpha value is -3.36. The molecule has 0 unspecified atom stereocenters. The molecule has 0 aliphatic rings. The SMILES string of the molecule is Cc1nn(-c2nc(-c3ccc(Cl)c(Cl)c3)cs2)c(C)c1Cc1ccccc1[N+](=O)[O-].O=C=O. The van der Waals surface area contributed by atoms with E-state index < -0.39 is 0 Å². The van der Waals surface area contributed by atoms with Crippen LogP contribution in [0.25, 0.3) is 16.4 Å². The van der Waals surface area contributed by atoms with Crippen molar-refractivity contribution in [3.8, 4) is 16.4 Å². The third-order valence-corrected chi connectivity index (χ3v) is 6.44. The molecule has 0 spiro atoms. The molecule has 8 nitrogen and oxygen atoms in total. The Bertz CT molecular complexity index is 1360. The zero-order valence-electron chi connectivity index (χ0n) is 17.4. The number of aryl methyl sites for hydroxylation is 1. The van der Waals surface area contributed by atoms with E-state index in [1.165, 1.54) is 17.4 Å². The summed E-state index contributed by atoms with van der Waals surface area (Å²) >= 11 is 13.6. The summed E-state index contributed by atoms with van der Waals surface area (Å²) < 4.78 is 1.78. The number of para-hydroxylation sites is 1. The van der Waals surface area contributed by atoms with Crippen LogP contribution in [0.2, 0.25) is 10.0 Å². The van der Waals surface area contributed by atoms with Crippen LogP contribution >= 0.6 is 34.5 Å². The van der Waals surface area contributed by atoms with Crippen molar-refractivity contribution in [2.24, 2.45) is 0 Å². The van der Waals surface area contributed by atoms with Crippen molar-refractivity contribution in [1.29, 1.82) is 0 Å². The molecule has 0 N–H and O–H groups in total. The van der Waals surface area contributed by atoms with E-state index in [4.69, 9.17) is 37.8 Å². The van der Waals surface area contributed by atoms with Crippen LogP contribution in [0, 0.1) is 24.0 Å². The van der Waals surface area contributed by atoms with Gasteiger partial charge in [-0.25, -0.2) is 9.67 Å². The minimum absolute atomic E-state index is 0.111. The predicted molar refractivity (Wildman–Crippen MR) is 125 cm³/mol. The number of hydrogen-bond acceptors (Lipinski definition) is 7. The lowest BCUT2D eigenvalue weighted by Gasteiger charge is -2.04. The van der Waals surface area contributed by atoms with Crippen LogP contribution in [0.4, 0.5) is 5.69 Å². The van der Waals surface area contributed by atoms with Crippen LogP contribution < -0.4 is 0 Å². The number of nitro groups is 1. The van der Waals surface area contributed by atoms with Crippen molar-refractivity contribution in [1.82, 2.24) is 14.8 Å². The number of nitrogens with zero attached hydrogens (tertiary/aromatic N) is 4. The van der Waals surface area contributed by atoms with Gasteiger partial charge in [-0.2, -0.15) is 14.7 Å². The fraction of sp³-hybridized carbons (Fsp3) is 0.136. The van der Waals surface area contributed by atoms with Gasteiger partial charge in [-0.15, -0.1) is 11.3 Å². The summed E-state index contributed by atoms with van der Waals surface area (Å²) in [6.07, 6.45) is 0.680. The number of benzene rings is 2. The van der Waals surface area contributed by atoms with Crippen LogP contribution in [0.1, 0.15) is 22.5 Å². The summed E-state index contributed by atoms with van der Waals surface area (Å²) in [6, 6.07) is 12.2. The highest BCUT2D eigenvalue weighted by Gasteiger charge is 2.20. The molecular weight excluding hydrogens is 487 g/mol. The van der Waals surface area contributed by atoms with Crippen molar-refractivity contribution in [2.45, 2.75) is 20.3 Å². The van der Waals surface area contributed by atoms with Gasteiger partial charge >= 0.3 is 6.15 Å². The lowest BCUT2D eigenvalue weighted by Crippen LogP contribution is -2.00. The van der Waals surface area contributed by atoms with Gasteiger partial charge < -0.3 is 0 Å². The van der Waals surface area contributed by atoms with E-state index in [9.17, 15) is 10.1 Å². The van der Waals surface area contributed by atoms with Gasteiger partial charge in [0.25, 0.3) is 5.69 Å². The van der Waals surface area contributed by atoms with Crippen molar-refractivity contribution in [3.05, 3.63) is 90.5 Å². The summed E-state index contributed by atoms with van der Waals surface area (Å²) in [5.41, 5.74) is 5.09. The summed E-state index contributed by atoms with van der Waals surface area (Å²) in [5, 5.41) is 19.6. The Morgan fingerprint density at radius 1 is 1.12 bits per heavy atom. The molecule has 4 rings (SSSR count). The Morgan fingerprint density at radius 3 is 2.48 bits per heavy atom. The lowest BCUT2D eigenvalue weighted by molar-refractivity contribution is -0.385. The van der Waals surface area contributed by atoms with Gasteiger partial charge in [0.05, 0.1) is 26.4 Å². The Labute approximate surface area is 202 Å². The van der Waals surface area contributed by atoms with Gasteiger partial charge in [0.1, 0.15) is 0 Å². The molecule has 4 aromatic rings. The number of carbonyl (C=O) groups excluding carboxylic acids is 2. The zero-order chi connectivity index (χ0) is 24.1. The number of nitro benzene ring substituents is 1. The molecule has 168 valence electrons. The van der Waals surface area contributed by atoms with Crippen LogP contribution in [-0.2, 0) is 16.0 Å². The Balaban J connectivity index is 0.000000968. The van der Waals surface area contributed by atoms with Crippen molar-refractivity contribution < 1.29 is 14.5 Å². The average molecular weight is 503 g/mol. The first-order valence-electron chi connectivity index (χ1n) is 9.44. The summed E-state index contributed by atoms with van der Waals surface area (Å²) in [5.74, 6) is 0. The summed E-state index contributed by atoms with van der Waals surface area (Å²) in [7, 11) is 0. The zero-order valence-corrected chi connectivity index (χ0v) is 19.7. The molecule has 0 saturated heterocycles. The first-order valence-corrected chi connectivity index (χ1v) is 11.1. The first kappa shape index (κ1) is 24.3. The van der Waals surface area contributed by atoms with Gasteiger partial charge in [0.2, 0.25) is 5.13 Å². The molecule has 0 atom stereocenters. The van der Waals surface area contributed by atoms with Gasteiger partial charge in [-0.1, -0.05) is 47.5 Å². The number of rotatable bonds is 5. The molecule has 0 amide bonds. The highest BCUT2D eigenvalue weighted by Crippen LogP contribution is 2.31. The molecule has 11 heteroatoms. The van der Waals surface area contributed by atoms with Gasteiger partial charge in [-0.3, -0.25) is 10.1 Å². The average Bonchev–Trinajstić information content (AvgIpc) is 3.37. The number of hydrogen-bond donors (Lipinski definition) is 0. The fourth-order valence-electron chi connectivity index (χ4n) is 3.30. The molecule has 2 heterocycles. The smallest absolute Gasteiger partial charge is 0.258 e. The van der Waals surface area contributed by atoms with E-state index in [-0.39, 0.29) is 16.8 Å². The van der Waals surface area contributed by atoms with Crippen LogP contribution in [0.3, 0.4) is 0 Å². The van der Waals surface area contributed by atoms with Gasteiger partial charge in [-0.05, 0) is 26.0 Å². The molecular formula is C22H16Cl2N4O4S. The molecule has 0 aliphatic carbocycles. The standard InChI is InChI=1S/C21H16Cl2N4O2S.CO2/c1-12-16(9-15-5-3-4-6-20(15)27(28)29)13(2)26(25-12)21-24-19(11-30-21)14-7-8-17(22)18(23)10-14;2-1-3/h3-8,10-11H,9H2,1-2H3;. The molecule has 2 aromatic carbocycles. The molecule has 33 heavy (non-hydrogen) atoms. The third-order valence-electron chi connectivity index (χ3n) is 4.89. The third kappa shape index (κ3) is 5.35. The van der Waals surface area contributed by atoms with Crippen LogP contribution in [0.5, 0.6) is 0 Å². The van der Waals surface area contributed by atoms with E-state index in [1.807, 2.05) is 31.4 Å². The number of halogens is 2. The maximum atomic E-state index is 11.3. The maximum Gasteiger partial charge on any atom is 0.373 e. The second-order valence-electron chi connectivity index (χ2n) is 6.85. The first-order chi connectivity index (χ1) is 15.8. The highest BCUT2D eigenvalue weighted by atomic mass is 35.5. The van der Waals surface area contributed by atoms with E-state index >= 15 is 0 Å². The monoisotopic (exact) mass is 502 g/mol. The van der Waals surface area contributed by atoms with Crippen molar-refractivity contribution >= 4 is 46.4 Å². The lowest BCUT2D eigenvalue weighted by atomic mass is 10.0. The molecule has 0 aliphatic heterocycles. The summed E-state index contributed by atoms with van der Waals surface area (Å²) in [4.78, 5) is 31.9. The number of thiazole rings is 1. The maximum absolute atomic E-state index is 11.3. The second kappa shape index (κ2) is 10.5. The largest absolute Gasteiger partial charge is 0.373 e. The summed E-state index contributed by atoms with van der Waals surface area (Å²) in [6.45, 7) is 3.85. The highest BCUT2D eigenvalue weighted by molar-refractivity contribution is 7.12. The Kier molecular flexibility index (Phi) is 7.73. The van der Waals surface area contributed by atoms with Crippen molar-refractivity contribution in [3.63, 3.8) is 0 Å². The molecule has 0 bridgehead atoms. The van der Waals surface area contributed by atoms with E-state index in [1.54, 1.807) is 28.9 Å². The fourth-order valence-corrected chi connectivity index (χ4v) is 4.43. The minimum atomic E-state index is -0.352. The quantitative estimate of drug-likeness (QED) is 0.250. The molecule has 0 radical (unpaired) electrons. The van der Waals surface area contributed by atoms with Crippen LogP contribution in [0.15, 0.2) is 47.8 Å². The second-order valence-corrected chi connectivity index (χ2v) is 8.50. The normalized spacial score (nSPS) is 10.3.